The number of hydrogen-bond acceptors (Lipinski definition) is 5. The van der Waals surface area contributed by atoms with Crippen molar-refractivity contribution in [1.29, 1.82) is 0 Å². The predicted octanol–water partition coefficient (Wildman–Crippen LogP) is 3.38. The van der Waals surface area contributed by atoms with Crippen LogP contribution in [0.3, 0.4) is 0 Å². The smallest absolute Gasteiger partial charge is 0.240 e. The fraction of sp³-hybridized carbons (Fsp3) is 0.368. The molecule has 0 bridgehead atoms. The number of hydrogen-bond donors (Lipinski definition) is 1. The van der Waals surface area contributed by atoms with Gasteiger partial charge in [-0.05, 0) is 43.9 Å². The molecule has 3 rings (SSSR count). The number of carbonyl (C=O) groups is 1. The van der Waals surface area contributed by atoms with Gasteiger partial charge in [-0.1, -0.05) is 18.2 Å². The van der Waals surface area contributed by atoms with Crippen LogP contribution in [-0.2, 0) is 17.1 Å². The first-order chi connectivity index (χ1) is 12.6. The number of amides is 1. The maximum atomic E-state index is 12.6. The van der Waals surface area contributed by atoms with Gasteiger partial charge >= 0.3 is 0 Å². The lowest BCUT2D eigenvalue weighted by atomic mass is 10.2. The third-order valence-corrected chi connectivity index (χ3v) is 5.82. The molecule has 0 aliphatic carbocycles. The van der Waals surface area contributed by atoms with Gasteiger partial charge in [0.25, 0.3) is 0 Å². The number of aromatic nitrogens is 2. The molecule has 7 heteroatoms. The van der Waals surface area contributed by atoms with Crippen LogP contribution in [0, 0.1) is 0 Å². The van der Waals surface area contributed by atoms with Crippen LogP contribution in [0.1, 0.15) is 16.7 Å². The molecule has 2 aromatic heterocycles. The summed E-state index contributed by atoms with van der Waals surface area (Å²) in [6, 6.07) is 12.3. The number of thiophene rings is 1. The van der Waals surface area contributed by atoms with Crippen molar-refractivity contribution in [1.82, 2.24) is 19.8 Å². The molecule has 1 amide bonds. The van der Waals surface area contributed by atoms with E-state index in [9.17, 15) is 4.79 Å². The lowest BCUT2D eigenvalue weighted by Gasteiger charge is -2.23. The third-order valence-electron chi connectivity index (χ3n) is 4.30. The molecule has 26 heavy (non-hydrogen) atoms. The molecule has 5 nitrogen and oxygen atoms in total. The average molecular weight is 389 g/mol. The Hall–Kier alpha value is -1.83. The maximum Gasteiger partial charge on any atom is 0.240 e. The van der Waals surface area contributed by atoms with Gasteiger partial charge in [0.2, 0.25) is 5.91 Å². The first-order valence-electron chi connectivity index (χ1n) is 8.49. The minimum Gasteiger partial charge on any atom is -0.353 e. The summed E-state index contributed by atoms with van der Waals surface area (Å²) < 4.78 is 2.02. The highest BCUT2D eigenvalue weighted by atomic mass is 32.2. The van der Waals surface area contributed by atoms with E-state index in [4.69, 9.17) is 0 Å². The van der Waals surface area contributed by atoms with Crippen LogP contribution in [-0.4, -0.2) is 47.3 Å². The third kappa shape index (κ3) is 4.28. The van der Waals surface area contributed by atoms with Crippen molar-refractivity contribution in [3.63, 3.8) is 0 Å². The number of imidazole rings is 1. The Morgan fingerprint density at radius 1 is 1.31 bits per heavy atom. The van der Waals surface area contributed by atoms with Crippen molar-refractivity contribution in [3.05, 3.63) is 52.5 Å². The molecule has 2 heterocycles. The van der Waals surface area contributed by atoms with Gasteiger partial charge in [-0.2, -0.15) is 11.8 Å². The second-order valence-corrected chi connectivity index (χ2v) is 8.18. The van der Waals surface area contributed by atoms with Gasteiger partial charge in [-0.15, -0.1) is 11.3 Å². The Balaban J connectivity index is 1.72. The van der Waals surface area contributed by atoms with Gasteiger partial charge in [0.05, 0.1) is 22.8 Å². The fourth-order valence-corrected chi connectivity index (χ4v) is 4.37. The van der Waals surface area contributed by atoms with Crippen molar-refractivity contribution in [2.75, 3.05) is 26.9 Å². The first kappa shape index (κ1) is 18.9. The van der Waals surface area contributed by atoms with E-state index in [1.807, 2.05) is 55.3 Å². The van der Waals surface area contributed by atoms with E-state index in [0.717, 1.165) is 22.6 Å². The maximum absolute atomic E-state index is 12.6. The van der Waals surface area contributed by atoms with Crippen LogP contribution in [0.2, 0.25) is 0 Å². The molecular weight excluding hydrogens is 364 g/mol. The number of rotatable bonds is 8. The second kappa shape index (κ2) is 8.70. The number of para-hydroxylation sites is 2. The lowest BCUT2D eigenvalue weighted by molar-refractivity contribution is -0.121. The van der Waals surface area contributed by atoms with E-state index in [2.05, 4.69) is 26.6 Å². The molecule has 3 aromatic rings. The van der Waals surface area contributed by atoms with E-state index in [1.54, 1.807) is 23.1 Å². The molecule has 0 fully saturated rings. The van der Waals surface area contributed by atoms with E-state index in [-0.39, 0.29) is 11.9 Å². The van der Waals surface area contributed by atoms with Crippen molar-refractivity contribution in [2.45, 2.75) is 18.3 Å². The summed E-state index contributed by atoms with van der Waals surface area (Å²) in [6.07, 6.45) is 2.05. The summed E-state index contributed by atoms with van der Waals surface area (Å²) in [5.74, 6) is 1.74. The standard InChI is InChI=1S/C19H24N4OS2/c1-22(2)16(17-9-6-10-26-17)11-20-19(24)12-23-15-8-5-4-7-14(15)21-18(23)13-25-3/h4-10,16H,11-13H2,1-3H3,(H,20,24). The molecular formula is C19H24N4OS2. The van der Waals surface area contributed by atoms with Crippen molar-refractivity contribution in [2.24, 2.45) is 0 Å². The van der Waals surface area contributed by atoms with Crippen molar-refractivity contribution in [3.8, 4) is 0 Å². The first-order valence-corrected chi connectivity index (χ1v) is 10.8. The highest BCUT2D eigenvalue weighted by Crippen LogP contribution is 2.22. The van der Waals surface area contributed by atoms with Gasteiger partial charge in [0.1, 0.15) is 12.4 Å². The zero-order valence-electron chi connectivity index (χ0n) is 15.3. The zero-order chi connectivity index (χ0) is 18.5. The number of nitrogens with one attached hydrogen (secondary N) is 1. The topological polar surface area (TPSA) is 50.2 Å². The molecule has 0 saturated heterocycles. The molecule has 1 atom stereocenters. The van der Waals surface area contributed by atoms with E-state index < -0.39 is 0 Å². The van der Waals surface area contributed by atoms with Crippen molar-refractivity contribution >= 4 is 40.0 Å². The molecule has 1 unspecified atom stereocenters. The Morgan fingerprint density at radius 3 is 2.81 bits per heavy atom. The fourth-order valence-electron chi connectivity index (χ4n) is 2.97. The highest BCUT2D eigenvalue weighted by Gasteiger charge is 2.18. The Labute approximate surface area is 162 Å². The molecule has 0 spiro atoms. The van der Waals surface area contributed by atoms with Gasteiger partial charge in [-0.3, -0.25) is 4.79 Å². The summed E-state index contributed by atoms with van der Waals surface area (Å²) >= 11 is 3.43. The number of benzene rings is 1. The summed E-state index contributed by atoms with van der Waals surface area (Å²) in [6.45, 7) is 0.887. The van der Waals surface area contributed by atoms with E-state index >= 15 is 0 Å². The Bertz CT molecular complexity index is 858. The Kier molecular flexibility index (Phi) is 6.34. The summed E-state index contributed by atoms with van der Waals surface area (Å²) in [5.41, 5.74) is 1.95. The predicted molar refractivity (Wildman–Crippen MR) is 111 cm³/mol. The van der Waals surface area contributed by atoms with Gasteiger partial charge in [0, 0.05) is 11.4 Å². The summed E-state index contributed by atoms with van der Waals surface area (Å²) in [4.78, 5) is 20.7. The molecule has 0 aliphatic heterocycles. The summed E-state index contributed by atoms with van der Waals surface area (Å²) in [5, 5.41) is 5.16. The SMILES string of the molecule is CSCc1nc2ccccc2n1CC(=O)NCC(c1cccs1)N(C)C. The second-order valence-electron chi connectivity index (χ2n) is 6.33. The number of thioether (sulfide) groups is 1. The monoisotopic (exact) mass is 388 g/mol. The van der Waals surface area contributed by atoms with Crippen LogP contribution in [0.25, 0.3) is 11.0 Å². The molecule has 1 aromatic carbocycles. The number of fused-ring (bicyclic) bond motifs is 1. The van der Waals surface area contributed by atoms with Crippen LogP contribution >= 0.6 is 23.1 Å². The molecule has 0 radical (unpaired) electrons. The molecule has 1 N–H and O–H groups in total. The van der Waals surface area contributed by atoms with E-state index in [1.165, 1.54) is 4.88 Å². The Morgan fingerprint density at radius 2 is 2.12 bits per heavy atom. The number of nitrogens with zero attached hydrogens (tertiary/aromatic N) is 3. The highest BCUT2D eigenvalue weighted by molar-refractivity contribution is 7.97. The molecule has 0 saturated carbocycles. The quantitative estimate of drug-likeness (QED) is 0.643. The van der Waals surface area contributed by atoms with E-state index in [0.29, 0.717) is 13.1 Å². The number of carbonyl (C=O) groups excluding carboxylic acids is 1. The molecule has 0 aliphatic rings. The normalized spacial score (nSPS) is 12.6. The summed E-state index contributed by atoms with van der Waals surface area (Å²) in [7, 11) is 4.08. The van der Waals surface area contributed by atoms with Gasteiger partial charge < -0.3 is 14.8 Å². The average Bonchev–Trinajstić information content (AvgIpc) is 3.24. The van der Waals surface area contributed by atoms with Crippen LogP contribution in [0.5, 0.6) is 0 Å². The molecule has 138 valence electrons. The van der Waals surface area contributed by atoms with Crippen LogP contribution in [0.4, 0.5) is 0 Å². The largest absolute Gasteiger partial charge is 0.353 e. The van der Waals surface area contributed by atoms with Crippen molar-refractivity contribution < 1.29 is 4.79 Å². The minimum absolute atomic E-state index is 0.0129. The lowest BCUT2D eigenvalue weighted by Crippen LogP contribution is -2.36. The van der Waals surface area contributed by atoms with Crippen LogP contribution < -0.4 is 5.32 Å². The van der Waals surface area contributed by atoms with Gasteiger partial charge in [-0.25, -0.2) is 4.98 Å². The minimum atomic E-state index is 0.0129. The zero-order valence-corrected chi connectivity index (χ0v) is 16.9. The number of likely N-dealkylation sites (N-methyl/N-ethyl adjacent to an activating group) is 1. The van der Waals surface area contributed by atoms with Gasteiger partial charge in [0.15, 0.2) is 0 Å². The van der Waals surface area contributed by atoms with Crippen LogP contribution in [0.15, 0.2) is 41.8 Å².